The van der Waals surface area contributed by atoms with Gasteiger partial charge in [-0.05, 0) is 44.0 Å². The van der Waals surface area contributed by atoms with Crippen molar-refractivity contribution in [3.8, 4) is 5.69 Å². The summed E-state index contributed by atoms with van der Waals surface area (Å²) in [6.45, 7) is 5.91. The largest absolute Gasteiger partial charge is 0.478 e. The highest BCUT2D eigenvalue weighted by molar-refractivity contribution is 5.85. The Balaban J connectivity index is 2.64. The Kier molecular flexibility index (Phi) is 4.08. The van der Waals surface area contributed by atoms with E-state index in [4.69, 9.17) is 5.11 Å². The lowest BCUT2D eigenvalue weighted by atomic mass is 10.1. The second kappa shape index (κ2) is 5.79. The van der Waals surface area contributed by atoms with E-state index in [9.17, 15) is 9.59 Å². The van der Waals surface area contributed by atoms with Gasteiger partial charge in [0, 0.05) is 35.3 Å². The van der Waals surface area contributed by atoms with Gasteiger partial charge in [-0.15, -0.1) is 0 Å². The Bertz CT molecular complexity index is 785. The molecule has 4 heteroatoms. The van der Waals surface area contributed by atoms with Crippen LogP contribution < -0.4 is 5.43 Å². The van der Waals surface area contributed by atoms with Crippen molar-refractivity contribution >= 4 is 12.0 Å². The third-order valence-electron chi connectivity index (χ3n) is 3.51. The molecule has 0 atom stereocenters. The van der Waals surface area contributed by atoms with Crippen molar-refractivity contribution in [2.75, 3.05) is 0 Å². The smallest absolute Gasteiger partial charge is 0.328 e. The summed E-state index contributed by atoms with van der Waals surface area (Å²) in [6, 6.07) is 7.48. The molecule has 108 valence electrons. The van der Waals surface area contributed by atoms with Crippen molar-refractivity contribution in [1.29, 1.82) is 0 Å². The summed E-state index contributed by atoms with van der Waals surface area (Å²) in [7, 11) is 0. The zero-order valence-electron chi connectivity index (χ0n) is 12.3. The average Bonchev–Trinajstić information content (AvgIpc) is 2.41. The van der Waals surface area contributed by atoms with Crippen LogP contribution in [0.5, 0.6) is 0 Å². The Labute approximate surface area is 123 Å². The standard InChI is InChI=1S/C17H17NO3/c1-11-5-4-6-15(13(11)3)18-10-14(7-8-17(20)21)16(19)9-12(18)2/h4-10H,1-3H3,(H,20,21)/b8-7+. The molecule has 0 radical (unpaired) electrons. The van der Waals surface area contributed by atoms with Crippen LogP contribution in [0.4, 0.5) is 0 Å². The lowest BCUT2D eigenvalue weighted by molar-refractivity contribution is -0.131. The third-order valence-corrected chi connectivity index (χ3v) is 3.51. The van der Waals surface area contributed by atoms with E-state index >= 15 is 0 Å². The lowest BCUT2D eigenvalue weighted by Gasteiger charge is -2.15. The topological polar surface area (TPSA) is 59.3 Å². The SMILES string of the molecule is Cc1cccc(-n2cc(/C=C/C(=O)O)c(=O)cc2C)c1C. The van der Waals surface area contributed by atoms with E-state index in [2.05, 4.69) is 0 Å². The number of pyridine rings is 1. The first-order valence-corrected chi connectivity index (χ1v) is 6.61. The Hall–Kier alpha value is -2.62. The maximum absolute atomic E-state index is 11.9. The molecule has 0 saturated heterocycles. The summed E-state index contributed by atoms with van der Waals surface area (Å²) >= 11 is 0. The van der Waals surface area contributed by atoms with Crippen LogP contribution in [0, 0.1) is 20.8 Å². The Morgan fingerprint density at radius 3 is 2.62 bits per heavy atom. The molecule has 0 aliphatic heterocycles. The van der Waals surface area contributed by atoms with Gasteiger partial charge in [0.25, 0.3) is 0 Å². The van der Waals surface area contributed by atoms with E-state index in [-0.39, 0.29) is 5.43 Å². The minimum atomic E-state index is -1.08. The van der Waals surface area contributed by atoms with Crippen LogP contribution in [0.15, 0.2) is 41.3 Å². The maximum Gasteiger partial charge on any atom is 0.328 e. The molecule has 0 amide bonds. The van der Waals surface area contributed by atoms with E-state index in [1.807, 2.05) is 43.5 Å². The summed E-state index contributed by atoms with van der Waals surface area (Å²) in [6.07, 6.45) is 3.98. The molecular formula is C17H17NO3. The molecule has 0 aliphatic rings. The second-order valence-electron chi connectivity index (χ2n) is 5.00. The van der Waals surface area contributed by atoms with Crippen LogP contribution in [0.1, 0.15) is 22.4 Å². The molecule has 1 heterocycles. The van der Waals surface area contributed by atoms with Gasteiger partial charge in [-0.1, -0.05) is 12.1 Å². The number of nitrogens with zero attached hydrogens (tertiary/aromatic N) is 1. The summed E-state index contributed by atoms with van der Waals surface area (Å²) in [4.78, 5) is 22.5. The summed E-state index contributed by atoms with van der Waals surface area (Å²) in [5.41, 5.74) is 4.24. The van der Waals surface area contributed by atoms with Crippen molar-refractivity contribution in [3.05, 3.63) is 69.1 Å². The van der Waals surface area contributed by atoms with Crippen LogP contribution in [-0.4, -0.2) is 15.6 Å². The minimum Gasteiger partial charge on any atom is -0.478 e. The summed E-state index contributed by atoms with van der Waals surface area (Å²) in [5.74, 6) is -1.08. The minimum absolute atomic E-state index is 0.188. The quantitative estimate of drug-likeness (QED) is 0.881. The predicted molar refractivity (Wildman–Crippen MR) is 82.9 cm³/mol. The normalized spacial score (nSPS) is 11.0. The Morgan fingerprint density at radius 2 is 1.95 bits per heavy atom. The van der Waals surface area contributed by atoms with Crippen molar-refractivity contribution in [1.82, 2.24) is 4.57 Å². The first kappa shape index (κ1) is 14.8. The molecule has 2 rings (SSSR count). The number of carboxylic acids is 1. The number of hydrogen-bond donors (Lipinski definition) is 1. The van der Waals surface area contributed by atoms with Crippen LogP contribution in [0.25, 0.3) is 11.8 Å². The van der Waals surface area contributed by atoms with Crippen molar-refractivity contribution in [2.24, 2.45) is 0 Å². The van der Waals surface area contributed by atoms with Gasteiger partial charge in [-0.3, -0.25) is 4.79 Å². The van der Waals surface area contributed by atoms with Gasteiger partial charge < -0.3 is 9.67 Å². The highest BCUT2D eigenvalue weighted by Gasteiger charge is 2.07. The fraction of sp³-hybridized carbons (Fsp3) is 0.176. The van der Waals surface area contributed by atoms with Crippen molar-refractivity contribution in [3.63, 3.8) is 0 Å². The highest BCUT2D eigenvalue weighted by Crippen LogP contribution is 2.19. The number of hydrogen-bond acceptors (Lipinski definition) is 2. The van der Waals surface area contributed by atoms with Crippen LogP contribution in [0.2, 0.25) is 0 Å². The van der Waals surface area contributed by atoms with E-state index in [1.165, 1.54) is 12.1 Å². The molecule has 1 aromatic heterocycles. The summed E-state index contributed by atoms with van der Waals surface area (Å²) in [5, 5.41) is 8.69. The number of aryl methyl sites for hydroxylation is 2. The van der Waals surface area contributed by atoms with Gasteiger partial charge in [0.15, 0.2) is 5.43 Å². The van der Waals surface area contributed by atoms with Gasteiger partial charge in [0.2, 0.25) is 0 Å². The molecule has 0 spiro atoms. The first-order chi connectivity index (χ1) is 9.90. The van der Waals surface area contributed by atoms with E-state index < -0.39 is 5.97 Å². The number of carbonyl (C=O) groups is 1. The van der Waals surface area contributed by atoms with Crippen molar-refractivity contribution in [2.45, 2.75) is 20.8 Å². The molecule has 0 bridgehead atoms. The third kappa shape index (κ3) is 3.11. The van der Waals surface area contributed by atoms with Gasteiger partial charge in [-0.2, -0.15) is 0 Å². The highest BCUT2D eigenvalue weighted by atomic mass is 16.4. The monoisotopic (exact) mass is 283 g/mol. The molecular weight excluding hydrogens is 266 g/mol. The lowest BCUT2D eigenvalue weighted by Crippen LogP contribution is -2.12. The molecule has 1 aromatic carbocycles. The molecule has 0 unspecified atom stereocenters. The van der Waals surface area contributed by atoms with Crippen LogP contribution in [0.3, 0.4) is 0 Å². The molecule has 0 saturated carbocycles. The zero-order valence-corrected chi connectivity index (χ0v) is 12.3. The van der Waals surface area contributed by atoms with Crippen LogP contribution >= 0.6 is 0 Å². The van der Waals surface area contributed by atoms with Gasteiger partial charge in [0.1, 0.15) is 0 Å². The van der Waals surface area contributed by atoms with Gasteiger partial charge >= 0.3 is 5.97 Å². The van der Waals surface area contributed by atoms with Gasteiger partial charge in [-0.25, -0.2) is 4.79 Å². The zero-order chi connectivity index (χ0) is 15.6. The van der Waals surface area contributed by atoms with Crippen LogP contribution in [-0.2, 0) is 4.79 Å². The fourth-order valence-electron chi connectivity index (χ4n) is 2.19. The maximum atomic E-state index is 11.9. The van der Waals surface area contributed by atoms with Crippen molar-refractivity contribution < 1.29 is 9.90 Å². The Morgan fingerprint density at radius 1 is 1.24 bits per heavy atom. The molecule has 1 N–H and O–H groups in total. The number of aromatic nitrogens is 1. The number of benzene rings is 1. The molecule has 0 fully saturated rings. The van der Waals surface area contributed by atoms with E-state index in [1.54, 1.807) is 6.20 Å². The molecule has 21 heavy (non-hydrogen) atoms. The average molecular weight is 283 g/mol. The number of carboxylic acid groups (broad SMARTS) is 1. The summed E-state index contributed by atoms with van der Waals surface area (Å²) < 4.78 is 1.91. The number of aliphatic carboxylic acids is 1. The second-order valence-corrected chi connectivity index (χ2v) is 5.00. The van der Waals surface area contributed by atoms with E-state index in [0.717, 1.165) is 28.6 Å². The first-order valence-electron chi connectivity index (χ1n) is 6.61. The molecule has 4 nitrogen and oxygen atoms in total. The number of rotatable bonds is 3. The predicted octanol–water partition coefficient (Wildman–Crippen LogP) is 2.86. The fourth-order valence-corrected chi connectivity index (χ4v) is 2.19. The van der Waals surface area contributed by atoms with Gasteiger partial charge in [0.05, 0.1) is 0 Å². The molecule has 2 aromatic rings. The molecule has 0 aliphatic carbocycles. The van der Waals surface area contributed by atoms with E-state index in [0.29, 0.717) is 5.56 Å².